The quantitative estimate of drug-likeness (QED) is 0.860. The van der Waals surface area contributed by atoms with Crippen molar-refractivity contribution >= 4 is 10.0 Å². The minimum atomic E-state index is -3.19. The second-order valence-corrected chi connectivity index (χ2v) is 7.51. The van der Waals surface area contributed by atoms with Crippen LogP contribution in [-0.2, 0) is 14.8 Å². The summed E-state index contributed by atoms with van der Waals surface area (Å²) in [5, 5.41) is 6.92. The number of H-pyrrole nitrogens is 1. The summed E-state index contributed by atoms with van der Waals surface area (Å²) in [5.41, 5.74) is 1.10. The van der Waals surface area contributed by atoms with Crippen molar-refractivity contribution in [1.29, 1.82) is 0 Å². The summed E-state index contributed by atoms with van der Waals surface area (Å²) >= 11 is 0. The van der Waals surface area contributed by atoms with E-state index < -0.39 is 10.0 Å². The molecule has 6 nitrogen and oxygen atoms in total. The van der Waals surface area contributed by atoms with E-state index >= 15 is 0 Å². The summed E-state index contributed by atoms with van der Waals surface area (Å²) in [6, 6.07) is 1.96. The van der Waals surface area contributed by atoms with E-state index in [0.29, 0.717) is 19.0 Å². The number of aromatic nitrogens is 2. The maximum atomic E-state index is 12.2. The summed E-state index contributed by atoms with van der Waals surface area (Å²) in [4.78, 5) is 0. The molecule has 0 radical (unpaired) electrons. The van der Waals surface area contributed by atoms with Crippen molar-refractivity contribution in [2.45, 2.75) is 38.7 Å². The fraction of sp³-hybridized carbons (Fsp3) is 0.769. The summed E-state index contributed by atoms with van der Waals surface area (Å²) in [7, 11) is -3.19. The smallest absolute Gasteiger partial charge is 0.216 e. The van der Waals surface area contributed by atoms with Crippen molar-refractivity contribution in [1.82, 2.24) is 14.5 Å². The number of rotatable bonds is 6. The van der Waals surface area contributed by atoms with Gasteiger partial charge in [0.2, 0.25) is 10.0 Å². The lowest BCUT2D eigenvalue weighted by atomic mass is 9.95. The number of hydrogen-bond acceptors (Lipinski definition) is 4. The SMILES string of the molecule is CC(C)OCCS(=O)(=O)N1CCC(c2ccn[nH]2)CC1. The van der Waals surface area contributed by atoms with Gasteiger partial charge in [0.15, 0.2) is 0 Å². The molecule has 1 N–H and O–H groups in total. The maximum Gasteiger partial charge on any atom is 0.216 e. The predicted molar refractivity (Wildman–Crippen MR) is 77.0 cm³/mol. The molecule has 0 spiro atoms. The second kappa shape index (κ2) is 6.69. The highest BCUT2D eigenvalue weighted by atomic mass is 32.2. The molecule has 114 valence electrons. The van der Waals surface area contributed by atoms with Gasteiger partial charge in [0.1, 0.15) is 0 Å². The molecule has 20 heavy (non-hydrogen) atoms. The Kier molecular flexibility index (Phi) is 5.17. The molecule has 0 atom stereocenters. The van der Waals surface area contributed by atoms with Crippen LogP contribution in [0.4, 0.5) is 0 Å². The summed E-state index contributed by atoms with van der Waals surface area (Å²) in [6.45, 7) is 5.23. The van der Waals surface area contributed by atoms with E-state index in [2.05, 4.69) is 10.2 Å². The van der Waals surface area contributed by atoms with Gasteiger partial charge >= 0.3 is 0 Å². The van der Waals surface area contributed by atoms with Gasteiger partial charge in [-0.15, -0.1) is 0 Å². The second-order valence-electron chi connectivity index (χ2n) is 5.42. The van der Waals surface area contributed by atoms with Crippen molar-refractivity contribution in [2.75, 3.05) is 25.4 Å². The molecule has 0 saturated carbocycles. The van der Waals surface area contributed by atoms with Crippen LogP contribution >= 0.6 is 0 Å². The Labute approximate surface area is 120 Å². The first kappa shape index (κ1) is 15.5. The van der Waals surface area contributed by atoms with Crippen molar-refractivity contribution < 1.29 is 13.2 Å². The van der Waals surface area contributed by atoms with Crippen molar-refractivity contribution in [3.63, 3.8) is 0 Å². The highest BCUT2D eigenvalue weighted by Gasteiger charge is 2.28. The molecule has 1 saturated heterocycles. The number of aromatic amines is 1. The number of piperidine rings is 1. The third-order valence-corrected chi connectivity index (χ3v) is 5.44. The van der Waals surface area contributed by atoms with Crippen molar-refractivity contribution in [3.8, 4) is 0 Å². The Bertz CT molecular complexity index is 491. The first-order chi connectivity index (χ1) is 9.49. The lowest BCUT2D eigenvalue weighted by Crippen LogP contribution is -2.40. The summed E-state index contributed by atoms with van der Waals surface area (Å²) < 4.78 is 31.3. The number of nitrogens with zero attached hydrogens (tertiary/aromatic N) is 2. The Balaban J connectivity index is 1.83. The Morgan fingerprint density at radius 1 is 1.45 bits per heavy atom. The van der Waals surface area contributed by atoms with Gasteiger partial charge in [0.25, 0.3) is 0 Å². The molecule has 0 amide bonds. The van der Waals surface area contributed by atoms with Gasteiger partial charge in [-0.25, -0.2) is 12.7 Å². The molecular formula is C13H23N3O3S. The topological polar surface area (TPSA) is 75.3 Å². The van der Waals surface area contributed by atoms with Crippen LogP contribution in [0.3, 0.4) is 0 Å². The van der Waals surface area contributed by atoms with E-state index in [9.17, 15) is 8.42 Å². The van der Waals surface area contributed by atoms with Gasteiger partial charge in [0, 0.05) is 30.9 Å². The summed E-state index contributed by atoms with van der Waals surface area (Å²) in [5.74, 6) is 0.454. The van der Waals surface area contributed by atoms with Gasteiger partial charge in [-0.05, 0) is 32.8 Å². The molecule has 1 aliphatic rings. The molecule has 0 unspecified atom stereocenters. The van der Waals surface area contributed by atoms with E-state index in [4.69, 9.17) is 4.74 Å². The average molecular weight is 301 g/mol. The molecule has 7 heteroatoms. The third kappa shape index (κ3) is 4.04. The van der Waals surface area contributed by atoms with Crippen LogP contribution in [0, 0.1) is 0 Å². The minimum Gasteiger partial charge on any atom is -0.378 e. The molecule has 1 aromatic rings. The number of ether oxygens (including phenoxy) is 1. The van der Waals surface area contributed by atoms with E-state index in [0.717, 1.165) is 18.5 Å². The largest absolute Gasteiger partial charge is 0.378 e. The fourth-order valence-electron chi connectivity index (χ4n) is 2.46. The maximum absolute atomic E-state index is 12.2. The normalized spacial score (nSPS) is 18.8. The van der Waals surface area contributed by atoms with Gasteiger partial charge in [-0.1, -0.05) is 0 Å². The van der Waals surface area contributed by atoms with E-state index in [1.807, 2.05) is 19.9 Å². The molecule has 1 aliphatic heterocycles. The Hall–Kier alpha value is -0.920. The van der Waals surface area contributed by atoms with Gasteiger partial charge in [0.05, 0.1) is 18.5 Å². The van der Waals surface area contributed by atoms with Crippen LogP contribution in [0.25, 0.3) is 0 Å². The van der Waals surface area contributed by atoms with Crippen LogP contribution in [-0.4, -0.2) is 54.5 Å². The van der Waals surface area contributed by atoms with Crippen LogP contribution in [0.5, 0.6) is 0 Å². The molecule has 2 heterocycles. The van der Waals surface area contributed by atoms with E-state index in [1.54, 1.807) is 10.5 Å². The molecule has 1 aromatic heterocycles. The standard InChI is InChI=1S/C13H23N3O3S/c1-11(2)19-9-10-20(17,18)16-7-4-12(5-8-16)13-3-6-14-15-13/h3,6,11-12H,4-5,7-10H2,1-2H3,(H,14,15). The van der Waals surface area contributed by atoms with Crippen molar-refractivity contribution in [2.24, 2.45) is 0 Å². The van der Waals surface area contributed by atoms with Crippen LogP contribution in [0.1, 0.15) is 38.3 Å². The van der Waals surface area contributed by atoms with Gasteiger partial charge in [-0.2, -0.15) is 5.10 Å². The third-order valence-electron chi connectivity index (χ3n) is 3.60. The lowest BCUT2D eigenvalue weighted by molar-refractivity contribution is 0.0905. The molecule has 0 bridgehead atoms. The highest BCUT2D eigenvalue weighted by Crippen LogP contribution is 2.27. The highest BCUT2D eigenvalue weighted by molar-refractivity contribution is 7.89. The zero-order chi connectivity index (χ0) is 14.6. The fourth-order valence-corrected chi connectivity index (χ4v) is 3.79. The number of hydrogen-bond donors (Lipinski definition) is 1. The van der Waals surface area contributed by atoms with Crippen molar-refractivity contribution in [3.05, 3.63) is 18.0 Å². The molecule has 0 aromatic carbocycles. The van der Waals surface area contributed by atoms with Gasteiger partial charge in [-0.3, -0.25) is 5.10 Å². The average Bonchev–Trinajstić information content (AvgIpc) is 2.92. The molecule has 0 aliphatic carbocycles. The first-order valence-corrected chi connectivity index (χ1v) is 8.68. The monoisotopic (exact) mass is 301 g/mol. The van der Waals surface area contributed by atoms with Crippen LogP contribution < -0.4 is 0 Å². The molecular weight excluding hydrogens is 278 g/mol. The van der Waals surface area contributed by atoms with E-state index in [1.165, 1.54) is 0 Å². The van der Waals surface area contributed by atoms with E-state index in [-0.39, 0.29) is 18.5 Å². The molecule has 1 fully saturated rings. The lowest BCUT2D eigenvalue weighted by Gasteiger charge is -2.30. The first-order valence-electron chi connectivity index (χ1n) is 7.08. The predicted octanol–water partition coefficient (Wildman–Crippen LogP) is 1.34. The zero-order valence-corrected chi connectivity index (χ0v) is 12.9. The molecule has 2 rings (SSSR count). The number of nitrogens with one attached hydrogen (secondary N) is 1. The van der Waals surface area contributed by atoms with Gasteiger partial charge < -0.3 is 4.74 Å². The number of sulfonamides is 1. The Morgan fingerprint density at radius 2 is 2.15 bits per heavy atom. The summed E-state index contributed by atoms with van der Waals surface area (Å²) in [6.07, 6.45) is 3.48. The van der Waals surface area contributed by atoms with Crippen LogP contribution in [0.2, 0.25) is 0 Å². The van der Waals surface area contributed by atoms with Crippen LogP contribution in [0.15, 0.2) is 12.3 Å². The minimum absolute atomic E-state index is 0.0660. The zero-order valence-electron chi connectivity index (χ0n) is 12.1. The Morgan fingerprint density at radius 3 is 2.70 bits per heavy atom.